The number of hydrogen-bond donors (Lipinski definition) is 4. The molecule has 3 atom stereocenters. The molecule has 0 aliphatic carbocycles. The number of aliphatic hydroxyl groups excluding tert-OH is 2. The second kappa shape index (κ2) is 10.6. The number of rotatable bonds is 7. The number of methoxy groups -OCH3 is 1. The van der Waals surface area contributed by atoms with Gasteiger partial charge >= 0.3 is 0 Å². The van der Waals surface area contributed by atoms with E-state index in [2.05, 4.69) is 12.6 Å². The Morgan fingerprint density at radius 1 is 1.33 bits per heavy atom. The largest absolute Gasteiger partial charge is 0.394 e. The van der Waals surface area contributed by atoms with Crippen LogP contribution in [0.3, 0.4) is 0 Å². The van der Waals surface area contributed by atoms with Crippen LogP contribution in [0, 0.1) is 10.8 Å². The van der Waals surface area contributed by atoms with Gasteiger partial charge in [-0.1, -0.05) is 27.7 Å². The van der Waals surface area contributed by atoms with E-state index < -0.39 is 11.3 Å². The smallest absolute Gasteiger partial charge is 0.253 e. The van der Waals surface area contributed by atoms with Crippen LogP contribution in [0.2, 0.25) is 0 Å². The van der Waals surface area contributed by atoms with Crippen LogP contribution in [0.5, 0.6) is 0 Å². The SMILES string of the molecule is CC(C)(CS)CC(C)(C)C(=O)NF.COC1C[C@@H](CO)O[C@H]1CO. The lowest BCUT2D eigenvalue weighted by Crippen LogP contribution is -2.36. The summed E-state index contributed by atoms with van der Waals surface area (Å²) >= 11 is 4.19. The fraction of sp³-hybridized carbons (Fsp3) is 0.938. The molecule has 1 heterocycles. The first-order chi connectivity index (χ1) is 11.1. The summed E-state index contributed by atoms with van der Waals surface area (Å²) in [6.45, 7) is 7.42. The van der Waals surface area contributed by atoms with E-state index in [1.54, 1.807) is 21.0 Å². The summed E-state index contributed by atoms with van der Waals surface area (Å²) in [5.41, 5.74) is 0.452. The van der Waals surface area contributed by atoms with Gasteiger partial charge in [0.15, 0.2) is 0 Å². The molecule has 1 rings (SSSR count). The van der Waals surface area contributed by atoms with Crippen LogP contribution >= 0.6 is 12.6 Å². The first kappa shape index (κ1) is 23.6. The molecule has 0 bridgehead atoms. The summed E-state index contributed by atoms with van der Waals surface area (Å²) in [7, 11) is 1.58. The third-order valence-corrected chi connectivity index (χ3v) is 4.87. The van der Waals surface area contributed by atoms with Crippen LogP contribution in [0.25, 0.3) is 0 Å². The maximum Gasteiger partial charge on any atom is 0.253 e. The van der Waals surface area contributed by atoms with Crippen LogP contribution in [0.1, 0.15) is 40.5 Å². The zero-order valence-electron chi connectivity index (χ0n) is 15.2. The van der Waals surface area contributed by atoms with Gasteiger partial charge in [-0.05, 0) is 17.6 Å². The lowest BCUT2D eigenvalue weighted by Gasteiger charge is -2.31. The van der Waals surface area contributed by atoms with Crippen LogP contribution in [-0.4, -0.2) is 60.5 Å². The van der Waals surface area contributed by atoms with Crippen molar-refractivity contribution in [3.63, 3.8) is 0 Å². The highest BCUT2D eigenvalue weighted by molar-refractivity contribution is 7.80. The number of thiol groups is 1. The van der Waals surface area contributed by atoms with Crippen molar-refractivity contribution in [3.8, 4) is 0 Å². The highest BCUT2D eigenvalue weighted by Crippen LogP contribution is 2.34. The van der Waals surface area contributed by atoms with Gasteiger partial charge in [0.2, 0.25) is 0 Å². The van der Waals surface area contributed by atoms with Gasteiger partial charge in [0, 0.05) is 18.9 Å². The number of halogens is 1. The standard InChI is InChI=1S/C9H18FNOS.C7H14O4/c1-8(2,6-13)5-9(3,4)7(12)11-10;1-10-6-2-5(3-8)11-7(6)4-9/h13H,5-6H2,1-4H3,(H,11,12);5-9H,2-4H2,1H3/t;5-,6?,7-/m.0/s1. The van der Waals surface area contributed by atoms with Crippen molar-refractivity contribution in [2.24, 2.45) is 10.8 Å². The minimum atomic E-state index is -0.680. The average Bonchev–Trinajstić information content (AvgIpc) is 2.96. The Labute approximate surface area is 149 Å². The molecule has 6 nitrogen and oxygen atoms in total. The van der Waals surface area contributed by atoms with Crippen molar-refractivity contribution in [1.29, 1.82) is 0 Å². The van der Waals surface area contributed by atoms with Gasteiger partial charge in [0.05, 0.1) is 25.4 Å². The molecule has 1 amide bonds. The molecule has 144 valence electrons. The number of aliphatic hydroxyl groups is 2. The Morgan fingerprint density at radius 3 is 2.25 bits per heavy atom. The van der Waals surface area contributed by atoms with Gasteiger partial charge in [-0.3, -0.25) is 4.79 Å². The molecular weight excluding hydrogens is 337 g/mol. The number of carbonyl (C=O) groups excluding carboxylic acids is 1. The summed E-state index contributed by atoms with van der Waals surface area (Å²) in [6, 6.07) is 0. The molecule has 1 unspecified atom stereocenters. The number of hydrogen-bond acceptors (Lipinski definition) is 6. The molecule has 1 aliphatic heterocycles. The highest BCUT2D eigenvalue weighted by atomic mass is 32.1. The van der Waals surface area contributed by atoms with Crippen LogP contribution in [-0.2, 0) is 14.3 Å². The van der Waals surface area contributed by atoms with E-state index in [1.807, 2.05) is 13.8 Å². The molecule has 1 saturated heterocycles. The Hall–Kier alpha value is -0.410. The molecule has 8 heteroatoms. The maximum atomic E-state index is 11.9. The van der Waals surface area contributed by atoms with E-state index in [4.69, 9.17) is 19.7 Å². The molecule has 0 saturated carbocycles. The van der Waals surface area contributed by atoms with E-state index in [-0.39, 0.29) is 36.9 Å². The van der Waals surface area contributed by atoms with E-state index in [9.17, 15) is 9.28 Å². The molecule has 0 aromatic carbocycles. The Kier molecular flexibility index (Phi) is 10.4. The molecule has 1 aliphatic rings. The van der Waals surface area contributed by atoms with Gasteiger partial charge in [0.1, 0.15) is 6.10 Å². The zero-order chi connectivity index (χ0) is 19.0. The van der Waals surface area contributed by atoms with Gasteiger partial charge in [0.25, 0.3) is 5.91 Å². The molecule has 24 heavy (non-hydrogen) atoms. The summed E-state index contributed by atoms with van der Waals surface area (Å²) < 4.78 is 22.2. The number of amides is 1. The van der Waals surface area contributed by atoms with Crippen molar-refractivity contribution >= 4 is 18.5 Å². The van der Waals surface area contributed by atoms with Crippen LogP contribution in [0.4, 0.5) is 4.48 Å². The summed E-state index contributed by atoms with van der Waals surface area (Å²) in [5, 5.41) is 17.5. The minimum Gasteiger partial charge on any atom is -0.394 e. The van der Waals surface area contributed by atoms with Crippen molar-refractivity contribution in [1.82, 2.24) is 5.54 Å². The lowest BCUT2D eigenvalue weighted by molar-refractivity contribution is -0.135. The highest BCUT2D eigenvalue weighted by Gasteiger charge is 2.35. The minimum absolute atomic E-state index is 0.00361. The molecular formula is C16H32FNO5S. The molecule has 0 aromatic heterocycles. The zero-order valence-corrected chi connectivity index (χ0v) is 16.1. The molecule has 0 radical (unpaired) electrons. The topological polar surface area (TPSA) is 88.0 Å². The Morgan fingerprint density at radius 2 is 1.92 bits per heavy atom. The lowest BCUT2D eigenvalue weighted by atomic mass is 9.76. The van der Waals surface area contributed by atoms with E-state index in [1.165, 1.54) is 5.54 Å². The summed E-state index contributed by atoms with van der Waals surface area (Å²) in [5.74, 6) is 0.109. The molecule has 0 spiro atoms. The van der Waals surface area contributed by atoms with Crippen molar-refractivity contribution in [3.05, 3.63) is 0 Å². The Bertz CT molecular complexity index is 369. The van der Waals surface area contributed by atoms with Gasteiger partial charge in [-0.2, -0.15) is 18.2 Å². The van der Waals surface area contributed by atoms with E-state index >= 15 is 0 Å². The first-order valence-electron chi connectivity index (χ1n) is 7.98. The predicted octanol–water partition coefficient (Wildman–Crippen LogP) is 1.50. The third kappa shape index (κ3) is 7.65. The fourth-order valence-corrected chi connectivity index (χ4v) is 2.90. The molecule has 3 N–H and O–H groups in total. The quantitative estimate of drug-likeness (QED) is 0.404. The van der Waals surface area contributed by atoms with Gasteiger partial charge < -0.3 is 19.7 Å². The summed E-state index contributed by atoms with van der Waals surface area (Å²) in [4.78, 5) is 11.1. The van der Waals surface area contributed by atoms with Gasteiger partial charge in [-0.25, -0.2) is 0 Å². The fourth-order valence-electron chi connectivity index (χ4n) is 2.79. The number of carbonyl (C=O) groups is 1. The van der Waals surface area contributed by atoms with Gasteiger partial charge in [-0.15, -0.1) is 4.48 Å². The van der Waals surface area contributed by atoms with Crippen LogP contribution < -0.4 is 5.54 Å². The monoisotopic (exact) mass is 369 g/mol. The van der Waals surface area contributed by atoms with E-state index in [0.29, 0.717) is 18.6 Å². The normalized spacial score (nSPS) is 24.3. The predicted molar refractivity (Wildman–Crippen MR) is 93.5 cm³/mol. The average molecular weight is 369 g/mol. The number of ether oxygens (including phenoxy) is 2. The van der Waals surface area contributed by atoms with Crippen LogP contribution in [0.15, 0.2) is 0 Å². The van der Waals surface area contributed by atoms with E-state index in [0.717, 1.165) is 0 Å². The Balaban J connectivity index is 0.000000446. The second-order valence-corrected chi connectivity index (χ2v) is 7.79. The number of nitrogens with one attached hydrogen (secondary N) is 1. The second-order valence-electron chi connectivity index (χ2n) is 7.48. The van der Waals surface area contributed by atoms with Crippen molar-refractivity contribution in [2.75, 3.05) is 26.1 Å². The molecule has 1 fully saturated rings. The third-order valence-electron chi connectivity index (χ3n) is 4.01. The van der Waals surface area contributed by atoms with Crippen molar-refractivity contribution < 1.29 is 29.0 Å². The first-order valence-corrected chi connectivity index (χ1v) is 8.62. The molecule has 0 aromatic rings. The summed E-state index contributed by atoms with van der Waals surface area (Å²) in [6.07, 6.45) is 0.767. The maximum absolute atomic E-state index is 11.9. The van der Waals surface area contributed by atoms with Crippen molar-refractivity contribution in [2.45, 2.75) is 58.8 Å².